The first-order valence-corrected chi connectivity index (χ1v) is 11.4. The van der Waals surface area contributed by atoms with Crippen LogP contribution in [0, 0.1) is 6.92 Å². The molecule has 170 valence electrons. The highest BCUT2D eigenvalue weighted by atomic mass is 35.5. The quantitative estimate of drug-likeness (QED) is 0.299. The number of fused-ring (bicyclic) bond motifs is 1. The maximum Gasteiger partial charge on any atom is 0.291 e. The number of anilines is 1. The molecule has 7 heteroatoms. The monoisotopic (exact) mass is 470 g/mol. The highest BCUT2D eigenvalue weighted by Gasteiger charge is 2.14. The molecule has 0 aliphatic heterocycles. The standard InChI is InChI=1S/C27H23ClN4O2/c1-16(2)18-6-9-21(10-7-18)32-30-23-11-8-20(15-24(23)31-32)29-27(33)26-13-12-25(34-26)19-5-4-17(3)22(28)14-19/h4-16H,1-3H3,(H,29,33). The number of aryl methyl sites for hydroxylation is 1. The number of rotatable bonds is 5. The molecule has 5 rings (SSSR count). The number of aromatic nitrogens is 3. The normalized spacial score (nSPS) is 11.3. The van der Waals surface area contributed by atoms with Gasteiger partial charge in [-0.05, 0) is 72.5 Å². The number of benzene rings is 3. The van der Waals surface area contributed by atoms with Crippen LogP contribution in [0.4, 0.5) is 5.69 Å². The molecule has 2 heterocycles. The molecule has 0 unspecified atom stereocenters. The van der Waals surface area contributed by atoms with Gasteiger partial charge in [-0.2, -0.15) is 4.80 Å². The smallest absolute Gasteiger partial charge is 0.291 e. The zero-order chi connectivity index (χ0) is 23.8. The summed E-state index contributed by atoms with van der Waals surface area (Å²) in [5, 5.41) is 12.6. The van der Waals surface area contributed by atoms with Crippen LogP contribution in [0.3, 0.4) is 0 Å². The zero-order valence-electron chi connectivity index (χ0n) is 19.0. The molecule has 6 nitrogen and oxygen atoms in total. The zero-order valence-corrected chi connectivity index (χ0v) is 19.8. The van der Waals surface area contributed by atoms with Gasteiger partial charge in [-0.1, -0.05) is 49.7 Å². The fraction of sp³-hybridized carbons (Fsp3) is 0.148. The van der Waals surface area contributed by atoms with Crippen molar-refractivity contribution in [1.29, 1.82) is 0 Å². The number of carbonyl (C=O) groups is 1. The Morgan fingerprint density at radius 2 is 1.71 bits per heavy atom. The molecule has 0 fully saturated rings. The van der Waals surface area contributed by atoms with E-state index in [0.29, 0.717) is 27.9 Å². The van der Waals surface area contributed by atoms with Crippen LogP contribution in [0.25, 0.3) is 28.0 Å². The summed E-state index contributed by atoms with van der Waals surface area (Å²) in [7, 11) is 0. The molecule has 1 amide bonds. The Bertz CT molecular complexity index is 1500. The van der Waals surface area contributed by atoms with E-state index in [0.717, 1.165) is 22.3 Å². The summed E-state index contributed by atoms with van der Waals surface area (Å²) in [5.41, 5.74) is 5.96. The molecule has 0 bridgehead atoms. The number of furan rings is 1. The molecule has 3 aromatic carbocycles. The molecule has 0 saturated carbocycles. The van der Waals surface area contributed by atoms with Gasteiger partial charge in [0, 0.05) is 16.3 Å². The number of nitrogens with zero attached hydrogens (tertiary/aromatic N) is 3. The number of hydrogen-bond acceptors (Lipinski definition) is 4. The number of hydrogen-bond donors (Lipinski definition) is 1. The number of amides is 1. The van der Waals surface area contributed by atoms with E-state index in [4.69, 9.17) is 16.0 Å². The summed E-state index contributed by atoms with van der Waals surface area (Å²) < 4.78 is 5.77. The number of nitrogens with one attached hydrogen (secondary N) is 1. The lowest BCUT2D eigenvalue weighted by atomic mass is 10.0. The van der Waals surface area contributed by atoms with Gasteiger partial charge in [0.2, 0.25) is 0 Å². The summed E-state index contributed by atoms with van der Waals surface area (Å²) in [5.74, 6) is 0.903. The van der Waals surface area contributed by atoms with Crippen molar-refractivity contribution in [1.82, 2.24) is 15.0 Å². The molecule has 5 aromatic rings. The van der Waals surface area contributed by atoms with Crippen LogP contribution in [0.15, 0.2) is 77.2 Å². The SMILES string of the molecule is Cc1ccc(-c2ccc(C(=O)Nc3ccc4nn(-c5ccc(C(C)C)cc5)nc4c3)o2)cc1Cl. The third kappa shape index (κ3) is 4.32. The van der Waals surface area contributed by atoms with Gasteiger partial charge in [0.1, 0.15) is 16.8 Å². The van der Waals surface area contributed by atoms with Crippen molar-refractivity contribution < 1.29 is 9.21 Å². The first-order valence-electron chi connectivity index (χ1n) is 11.0. The lowest BCUT2D eigenvalue weighted by molar-refractivity contribution is 0.0997. The summed E-state index contributed by atoms with van der Waals surface area (Å²) in [6.45, 7) is 6.25. The Balaban J connectivity index is 1.34. The molecular weight excluding hydrogens is 448 g/mol. The van der Waals surface area contributed by atoms with Crippen LogP contribution < -0.4 is 5.32 Å². The van der Waals surface area contributed by atoms with E-state index in [2.05, 4.69) is 41.5 Å². The third-order valence-corrected chi connectivity index (χ3v) is 6.12. The molecule has 1 N–H and O–H groups in total. The van der Waals surface area contributed by atoms with Crippen molar-refractivity contribution in [3.8, 4) is 17.0 Å². The third-order valence-electron chi connectivity index (χ3n) is 5.72. The van der Waals surface area contributed by atoms with E-state index in [-0.39, 0.29) is 11.7 Å². The summed E-state index contributed by atoms with van der Waals surface area (Å²) in [6.07, 6.45) is 0. The van der Waals surface area contributed by atoms with Gasteiger partial charge >= 0.3 is 0 Å². The van der Waals surface area contributed by atoms with Gasteiger partial charge in [-0.3, -0.25) is 4.79 Å². The average Bonchev–Trinajstić information content (AvgIpc) is 3.48. The van der Waals surface area contributed by atoms with Gasteiger partial charge in [-0.25, -0.2) is 0 Å². The Morgan fingerprint density at radius 1 is 0.941 bits per heavy atom. The maximum atomic E-state index is 12.8. The van der Waals surface area contributed by atoms with E-state index < -0.39 is 0 Å². The highest BCUT2D eigenvalue weighted by molar-refractivity contribution is 6.31. The summed E-state index contributed by atoms with van der Waals surface area (Å²) in [4.78, 5) is 14.4. The maximum absolute atomic E-state index is 12.8. The van der Waals surface area contributed by atoms with Crippen molar-refractivity contribution in [3.05, 3.63) is 94.7 Å². The van der Waals surface area contributed by atoms with Crippen LogP contribution in [0.5, 0.6) is 0 Å². The fourth-order valence-corrected chi connectivity index (χ4v) is 3.83. The molecule has 0 spiro atoms. The predicted octanol–water partition coefficient (Wildman–Crippen LogP) is 7.02. The van der Waals surface area contributed by atoms with Crippen LogP contribution in [-0.2, 0) is 0 Å². The Hall–Kier alpha value is -3.90. The van der Waals surface area contributed by atoms with Crippen molar-refractivity contribution >= 4 is 34.2 Å². The second kappa shape index (κ2) is 8.80. The molecular formula is C27H23ClN4O2. The van der Waals surface area contributed by atoms with Crippen molar-refractivity contribution in [3.63, 3.8) is 0 Å². The molecule has 0 saturated heterocycles. The van der Waals surface area contributed by atoms with Gasteiger partial charge in [0.15, 0.2) is 5.76 Å². The van der Waals surface area contributed by atoms with Crippen molar-refractivity contribution in [2.75, 3.05) is 5.32 Å². The van der Waals surface area contributed by atoms with Gasteiger partial charge in [0.25, 0.3) is 5.91 Å². The second-order valence-corrected chi connectivity index (χ2v) is 8.93. The van der Waals surface area contributed by atoms with Crippen LogP contribution in [-0.4, -0.2) is 20.9 Å². The van der Waals surface area contributed by atoms with Crippen LogP contribution in [0.2, 0.25) is 5.02 Å². The first-order chi connectivity index (χ1) is 16.4. The lowest BCUT2D eigenvalue weighted by Gasteiger charge is -2.05. The molecule has 0 radical (unpaired) electrons. The minimum absolute atomic E-state index is 0.209. The topological polar surface area (TPSA) is 73.0 Å². The van der Waals surface area contributed by atoms with E-state index in [9.17, 15) is 4.79 Å². The second-order valence-electron chi connectivity index (χ2n) is 8.52. The van der Waals surface area contributed by atoms with Gasteiger partial charge in [0.05, 0.1) is 5.69 Å². The molecule has 2 aromatic heterocycles. The van der Waals surface area contributed by atoms with Crippen LogP contribution in [0.1, 0.15) is 41.4 Å². The molecule has 0 aliphatic rings. The number of halogens is 1. The average molecular weight is 471 g/mol. The Kier molecular flexibility index (Phi) is 5.67. The Morgan fingerprint density at radius 3 is 2.44 bits per heavy atom. The van der Waals surface area contributed by atoms with E-state index >= 15 is 0 Å². The van der Waals surface area contributed by atoms with E-state index in [1.54, 1.807) is 29.1 Å². The summed E-state index contributed by atoms with van der Waals surface area (Å²) >= 11 is 6.21. The van der Waals surface area contributed by atoms with E-state index in [1.807, 2.05) is 43.3 Å². The molecule has 34 heavy (non-hydrogen) atoms. The van der Waals surface area contributed by atoms with Gasteiger partial charge < -0.3 is 9.73 Å². The molecule has 0 atom stereocenters. The summed E-state index contributed by atoms with van der Waals surface area (Å²) in [6, 6.07) is 22.7. The van der Waals surface area contributed by atoms with E-state index in [1.165, 1.54) is 5.56 Å². The van der Waals surface area contributed by atoms with Crippen LogP contribution >= 0.6 is 11.6 Å². The van der Waals surface area contributed by atoms with Crippen molar-refractivity contribution in [2.45, 2.75) is 26.7 Å². The minimum Gasteiger partial charge on any atom is -0.451 e. The minimum atomic E-state index is -0.347. The van der Waals surface area contributed by atoms with Crippen molar-refractivity contribution in [2.24, 2.45) is 0 Å². The largest absolute Gasteiger partial charge is 0.451 e. The molecule has 0 aliphatic carbocycles. The fourth-order valence-electron chi connectivity index (χ4n) is 3.65. The Labute approximate surface area is 202 Å². The van der Waals surface area contributed by atoms with Gasteiger partial charge in [-0.15, -0.1) is 10.2 Å². The highest BCUT2D eigenvalue weighted by Crippen LogP contribution is 2.27. The lowest BCUT2D eigenvalue weighted by Crippen LogP contribution is -2.10. The first kappa shape index (κ1) is 21.9. The predicted molar refractivity (Wildman–Crippen MR) is 135 cm³/mol. The number of carbonyl (C=O) groups excluding carboxylic acids is 1.